The maximum Gasteiger partial charge on any atom is 0.339 e. The maximum absolute atomic E-state index is 12.0. The van der Waals surface area contributed by atoms with E-state index < -0.39 is 5.97 Å². The summed E-state index contributed by atoms with van der Waals surface area (Å²) < 4.78 is 0.873. The second-order valence-electron chi connectivity index (χ2n) is 5.69. The number of hydrogen-bond donors (Lipinski definition) is 1. The Balaban J connectivity index is 1.60. The van der Waals surface area contributed by atoms with Crippen LogP contribution in [-0.2, 0) is 16.1 Å². The molecular formula is C21H17BrN2O2. The van der Waals surface area contributed by atoms with Crippen LogP contribution in [0.2, 0.25) is 0 Å². The largest absolute Gasteiger partial charge is 0.380 e. The molecule has 5 heteroatoms. The first kappa shape index (κ1) is 17.9. The summed E-state index contributed by atoms with van der Waals surface area (Å²) in [6.45, 7) is 0. The van der Waals surface area contributed by atoms with Crippen LogP contribution in [0.25, 0.3) is 11.1 Å². The van der Waals surface area contributed by atoms with E-state index in [1.165, 1.54) is 0 Å². The predicted octanol–water partition coefficient (Wildman–Crippen LogP) is 4.52. The fraction of sp³-hybridized carbons (Fsp3) is 0.0476. The summed E-state index contributed by atoms with van der Waals surface area (Å²) >= 11 is 3.36. The monoisotopic (exact) mass is 408 g/mol. The van der Waals surface area contributed by atoms with Gasteiger partial charge in [-0.25, -0.2) is 4.79 Å². The summed E-state index contributed by atoms with van der Waals surface area (Å²) in [5.41, 5.74) is 9.60. The average Bonchev–Trinajstić information content (AvgIpc) is 2.67. The van der Waals surface area contributed by atoms with Gasteiger partial charge in [0.2, 0.25) is 0 Å². The van der Waals surface area contributed by atoms with E-state index in [2.05, 4.69) is 21.1 Å². The molecule has 130 valence electrons. The van der Waals surface area contributed by atoms with Crippen molar-refractivity contribution < 1.29 is 9.63 Å². The van der Waals surface area contributed by atoms with E-state index in [4.69, 9.17) is 10.6 Å². The third-order valence-electron chi connectivity index (χ3n) is 3.78. The molecule has 0 saturated carbocycles. The van der Waals surface area contributed by atoms with Gasteiger partial charge in [0.05, 0.1) is 6.42 Å². The molecule has 0 aliphatic carbocycles. The van der Waals surface area contributed by atoms with Gasteiger partial charge in [0.1, 0.15) is 0 Å². The summed E-state index contributed by atoms with van der Waals surface area (Å²) in [5, 5.41) is 3.72. The van der Waals surface area contributed by atoms with Crippen LogP contribution >= 0.6 is 15.9 Å². The van der Waals surface area contributed by atoms with E-state index in [-0.39, 0.29) is 12.3 Å². The van der Waals surface area contributed by atoms with Crippen molar-refractivity contribution in [2.45, 2.75) is 6.42 Å². The van der Waals surface area contributed by atoms with Crippen LogP contribution in [0.3, 0.4) is 0 Å². The van der Waals surface area contributed by atoms with Gasteiger partial charge in [0.25, 0.3) is 0 Å². The summed E-state index contributed by atoms with van der Waals surface area (Å²) in [6, 6.07) is 25.1. The smallest absolute Gasteiger partial charge is 0.339 e. The molecule has 3 aromatic carbocycles. The highest BCUT2D eigenvalue weighted by Gasteiger charge is 2.07. The summed E-state index contributed by atoms with van der Waals surface area (Å²) in [6.07, 6.45) is 0.129. The summed E-state index contributed by atoms with van der Waals surface area (Å²) in [7, 11) is 0. The van der Waals surface area contributed by atoms with Gasteiger partial charge >= 0.3 is 5.97 Å². The molecule has 3 aromatic rings. The van der Waals surface area contributed by atoms with Crippen molar-refractivity contribution >= 4 is 27.7 Å². The first-order valence-electron chi connectivity index (χ1n) is 8.05. The van der Waals surface area contributed by atoms with Crippen LogP contribution in [0.5, 0.6) is 0 Å². The molecule has 0 aromatic heterocycles. The summed E-state index contributed by atoms with van der Waals surface area (Å²) in [5.74, 6) is -0.311. The first-order valence-corrected chi connectivity index (χ1v) is 8.85. The van der Waals surface area contributed by atoms with Crippen LogP contribution in [0, 0.1) is 0 Å². The fourth-order valence-electron chi connectivity index (χ4n) is 2.45. The molecule has 0 saturated heterocycles. The molecule has 0 aliphatic heterocycles. The van der Waals surface area contributed by atoms with Crippen molar-refractivity contribution in [3.05, 3.63) is 94.5 Å². The second kappa shape index (κ2) is 8.45. The highest BCUT2D eigenvalue weighted by atomic mass is 79.9. The lowest BCUT2D eigenvalue weighted by Gasteiger charge is -2.04. The normalized spacial score (nSPS) is 11.2. The number of benzene rings is 3. The van der Waals surface area contributed by atoms with Crippen LogP contribution in [-0.4, -0.2) is 11.8 Å². The van der Waals surface area contributed by atoms with Crippen molar-refractivity contribution in [3.63, 3.8) is 0 Å². The molecule has 26 heavy (non-hydrogen) atoms. The molecule has 2 N–H and O–H groups in total. The fourth-order valence-corrected chi connectivity index (χ4v) is 2.84. The number of oxime groups is 1. The topological polar surface area (TPSA) is 64.7 Å². The number of hydrogen-bond acceptors (Lipinski definition) is 3. The van der Waals surface area contributed by atoms with Crippen LogP contribution in [0.4, 0.5) is 0 Å². The maximum atomic E-state index is 12.0. The molecule has 4 nitrogen and oxygen atoms in total. The Morgan fingerprint density at radius 3 is 2.31 bits per heavy atom. The minimum absolute atomic E-state index is 0.129. The van der Waals surface area contributed by atoms with Gasteiger partial charge in [-0.05, 0) is 28.8 Å². The molecule has 0 radical (unpaired) electrons. The van der Waals surface area contributed by atoms with Gasteiger partial charge in [-0.2, -0.15) is 0 Å². The Morgan fingerprint density at radius 1 is 0.923 bits per heavy atom. The van der Waals surface area contributed by atoms with Gasteiger partial charge in [0.15, 0.2) is 5.84 Å². The zero-order valence-corrected chi connectivity index (χ0v) is 15.5. The van der Waals surface area contributed by atoms with E-state index in [9.17, 15) is 4.79 Å². The van der Waals surface area contributed by atoms with Crippen molar-refractivity contribution in [1.82, 2.24) is 0 Å². The highest BCUT2D eigenvalue weighted by Crippen LogP contribution is 2.19. The minimum Gasteiger partial charge on any atom is -0.380 e. The van der Waals surface area contributed by atoms with Gasteiger partial charge in [-0.15, -0.1) is 0 Å². The standard InChI is InChI=1S/C21H17BrN2O2/c22-19-8-4-7-18(14-19)21(23)24-26-20(25)13-15-9-11-17(12-10-15)16-5-2-1-3-6-16/h1-12,14H,13H2,(H2,23,24). The molecule has 0 aliphatic rings. The lowest BCUT2D eigenvalue weighted by atomic mass is 10.0. The molecular weight excluding hydrogens is 392 g/mol. The molecule has 0 spiro atoms. The first-order chi connectivity index (χ1) is 12.6. The van der Waals surface area contributed by atoms with Gasteiger partial charge < -0.3 is 10.6 Å². The van der Waals surface area contributed by atoms with E-state index in [1.54, 1.807) is 12.1 Å². The third kappa shape index (κ3) is 4.80. The van der Waals surface area contributed by atoms with Crippen LogP contribution in [0.1, 0.15) is 11.1 Å². The van der Waals surface area contributed by atoms with Crippen LogP contribution in [0.15, 0.2) is 88.5 Å². The lowest BCUT2D eigenvalue weighted by Crippen LogP contribution is -2.15. The van der Waals surface area contributed by atoms with Gasteiger partial charge in [-0.3, -0.25) is 0 Å². The van der Waals surface area contributed by atoms with E-state index >= 15 is 0 Å². The van der Waals surface area contributed by atoms with Crippen molar-refractivity contribution in [3.8, 4) is 11.1 Å². The van der Waals surface area contributed by atoms with Gasteiger partial charge in [0, 0.05) is 10.0 Å². The van der Waals surface area contributed by atoms with E-state index in [1.807, 2.05) is 66.7 Å². The average molecular weight is 409 g/mol. The Bertz CT molecular complexity index is 922. The number of carbonyl (C=O) groups is 1. The number of carbonyl (C=O) groups excluding carboxylic acids is 1. The van der Waals surface area contributed by atoms with E-state index in [0.717, 1.165) is 21.2 Å². The van der Waals surface area contributed by atoms with Crippen molar-refractivity contribution in [1.29, 1.82) is 0 Å². The van der Waals surface area contributed by atoms with Crippen molar-refractivity contribution in [2.75, 3.05) is 0 Å². The molecule has 0 fully saturated rings. The minimum atomic E-state index is -0.463. The Hall–Kier alpha value is -2.92. The van der Waals surface area contributed by atoms with E-state index in [0.29, 0.717) is 5.56 Å². The zero-order chi connectivity index (χ0) is 18.4. The third-order valence-corrected chi connectivity index (χ3v) is 4.27. The molecule has 0 heterocycles. The number of rotatable bonds is 5. The predicted molar refractivity (Wildman–Crippen MR) is 107 cm³/mol. The highest BCUT2D eigenvalue weighted by molar-refractivity contribution is 9.10. The van der Waals surface area contributed by atoms with Gasteiger partial charge in [-0.1, -0.05) is 87.8 Å². The number of nitrogens with two attached hydrogens (primary N) is 1. The molecule has 0 unspecified atom stereocenters. The molecule has 0 atom stereocenters. The Kier molecular flexibility index (Phi) is 5.81. The Morgan fingerprint density at radius 2 is 1.62 bits per heavy atom. The number of amidine groups is 1. The number of halogens is 1. The molecule has 0 bridgehead atoms. The summed E-state index contributed by atoms with van der Waals surface area (Å²) in [4.78, 5) is 16.9. The zero-order valence-electron chi connectivity index (χ0n) is 13.9. The molecule has 0 amide bonds. The second-order valence-corrected chi connectivity index (χ2v) is 6.61. The lowest BCUT2D eigenvalue weighted by molar-refractivity contribution is -0.142. The quantitative estimate of drug-likeness (QED) is 0.292. The van der Waals surface area contributed by atoms with Crippen LogP contribution < -0.4 is 5.73 Å². The SMILES string of the molecule is N/C(=N\OC(=O)Cc1ccc(-c2ccccc2)cc1)c1cccc(Br)c1. The Labute approximate surface area is 160 Å². The molecule has 3 rings (SSSR count). The van der Waals surface area contributed by atoms with Crippen molar-refractivity contribution in [2.24, 2.45) is 10.9 Å². The number of nitrogens with zero attached hydrogens (tertiary/aromatic N) is 1.